The van der Waals surface area contributed by atoms with E-state index in [-0.39, 0.29) is 25.0 Å². The third kappa shape index (κ3) is 13.0. The van der Waals surface area contributed by atoms with Crippen LogP contribution in [0.4, 0.5) is 4.79 Å². The first-order valence-corrected chi connectivity index (χ1v) is 16.6. The average molecular weight is 658 g/mol. The summed E-state index contributed by atoms with van der Waals surface area (Å²) in [5.41, 5.74) is 0.0707. The molecule has 47 heavy (non-hydrogen) atoms. The van der Waals surface area contributed by atoms with Gasteiger partial charge in [-0.05, 0) is 41.6 Å². The largest absolute Gasteiger partial charge is 0.460 e. The minimum Gasteiger partial charge on any atom is -0.460 e. The van der Waals surface area contributed by atoms with Gasteiger partial charge in [0.2, 0.25) is 17.6 Å². The van der Waals surface area contributed by atoms with E-state index >= 15 is 0 Å². The van der Waals surface area contributed by atoms with Crippen molar-refractivity contribution in [2.24, 2.45) is 23.2 Å². The van der Waals surface area contributed by atoms with Gasteiger partial charge in [-0.25, -0.2) is 4.79 Å². The number of benzene rings is 1. The third-order valence-corrected chi connectivity index (χ3v) is 8.00. The Morgan fingerprint density at radius 3 is 2.13 bits per heavy atom. The first kappa shape index (κ1) is 39.2. The SMILES string of the molecule is CC(C)C.CNC(=O)C(=O)C(CC1CCC1)NC(=O)C1C[C@@H](C)CN1C(=O)C(NC(=O)NCC(=O)OCc1ccccc1)C(C)(C)C. The number of amides is 5. The van der Waals surface area contributed by atoms with Crippen LogP contribution in [-0.4, -0.2) is 78.7 Å². The summed E-state index contributed by atoms with van der Waals surface area (Å²) in [6, 6.07) is 5.53. The summed E-state index contributed by atoms with van der Waals surface area (Å²) in [7, 11) is 1.37. The number of ether oxygens (including phenoxy) is 1. The van der Waals surface area contributed by atoms with E-state index < -0.39 is 65.6 Å². The normalized spacial score (nSPS) is 18.9. The highest BCUT2D eigenvalue weighted by molar-refractivity contribution is 6.38. The van der Waals surface area contributed by atoms with E-state index in [2.05, 4.69) is 42.0 Å². The number of urea groups is 1. The van der Waals surface area contributed by atoms with Gasteiger partial charge in [0.05, 0.1) is 6.04 Å². The molecule has 1 aliphatic carbocycles. The van der Waals surface area contributed by atoms with Crippen LogP contribution in [0, 0.1) is 23.2 Å². The maximum absolute atomic E-state index is 13.9. The lowest BCUT2D eigenvalue weighted by Crippen LogP contribution is -2.60. The van der Waals surface area contributed by atoms with Gasteiger partial charge >= 0.3 is 12.0 Å². The second-order valence-corrected chi connectivity index (χ2v) is 14.4. The molecule has 12 heteroatoms. The highest BCUT2D eigenvalue weighted by Crippen LogP contribution is 2.32. The molecule has 1 heterocycles. The van der Waals surface area contributed by atoms with E-state index in [4.69, 9.17) is 4.74 Å². The second-order valence-electron chi connectivity index (χ2n) is 14.4. The molecule has 1 saturated carbocycles. The fourth-order valence-corrected chi connectivity index (χ4v) is 5.32. The molecule has 0 bridgehead atoms. The molecule has 262 valence electrons. The van der Waals surface area contributed by atoms with E-state index in [0.29, 0.717) is 12.8 Å². The van der Waals surface area contributed by atoms with E-state index in [1.54, 1.807) is 20.8 Å². The van der Waals surface area contributed by atoms with Crippen molar-refractivity contribution < 1.29 is 33.5 Å². The Balaban J connectivity index is 0.00000181. The predicted octanol–water partition coefficient (Wildman–Crippen LogP) is 3.33. The lowest BCUT2D eigenvalue weighted by atomic mass is 9.80. The molecule has 2 aliphatic rings. The number of esters is 1. The van der Waals surface area contributed by atoms with Crippen LogP contribution in [0.25, 0.3) is 0 Å². The summed E-state index contributed by atoms with van der Waals surface area (Å²) in [4.78, 5) is 78.6. The molecule has 4 N–H and O–H groups in total. The van der Waals surface area contributed by atoms with Gasteiger partial charge in [0, 0.05) is 13.6 Å². The van der Waals surface area contributed by atoms with Gasteiger partial charge < -0.3 is 30.9 Å². The van der Waals surface area contributed by atoms with Crippen LogP contribution >= 0.6 is 0 Å². The minimum atomic E-state index is -1.02. The Morgan fingerprint density at radius 1 is 0.979 bits per heavy atom. The second kappa shape index (κ2) is 18.4. The fraction of sp³-hybridized carbons (Fsp3) is 0.657. The smallest absolute Gasteiger partial charge is 0.325 e. The molecule has 0 spiro atoms. The summed E-state index contributed by atoms with van der Waals surface area (Å²) >= 11 is 0. The first-order valence-electron chi connectivity index (χ1n) is 16.6. The number of rotatable bonds is 12. The van der Waals surface area contributed by atoms with Crippen LogP contribution < -0.4 is 21.3 Å². The Morgan fingerprint density at radius 2 is 1.60 bits per heavy atom. The van der Waals surface area contributed by atoms with Gasteiger partial charge in [0.15, 0.2) is 0 Å². The summed E-state index contributed by atoms with van der Waals surface area (Å²) < 4.78 is 5.19. The molecular weight excluding hydrogens is 602 g/mol. The van der Waals surface area contributed by atoms with Crippen LogP contribution in [-0.2, 0) is 35.3 Å². The van der Waals surface area contributed by atoms with Crippen LogP contribution in [0.5, 0.6) is 0 Å². The number of hydrogen-bond acceptors (Lipinski definition) is 7. The van der Waals surface area contributed by atoms with Gasteiger partial charge in [-0.2, -0.15) is 0 Å². The molecule has 2 fully saturated rings. The zero-order chi connectivity index (χ0) is 35.3. The molecule has 1 saturated heterocycles. The van der Waals surface area contributed by atoms with Crippen LogP contribution in [0.3, 0.4) is 0 Å². The molecule has 0 radical (unpaired) electrons. The number of likely N-dealkylation sites (tertiary alicyclic amines) is 1. The number of nitrogens with zero attached hydrogens (tertiary/aromatic N) is 1. The zero-order valence-corrected chi connectivity index (χ0v) is 29.3. The average Bonchev–Trinajstić information content (AvgIpc) is 3.39. The quantitative estimate of drug-likeness (QED) is 0.198. The van der Waals surface area contributed by atoms with Crippen molar-refractivity contribution in [3.8, 4) is 0 Å². The van der Waals surface area contributed by atoms with Crippen molar-refractivity contribution in [3.05, 3.63) is 35.9 Å². The Hall–Kier alpha value is -3.96. The van der Waals surface area contributed by atoms with Gasteiger partial charge in [-0.3, -0.25) is 24.0 Å². The minimum absolute atomic E-state index is 0.00625. The highest BCUT2D eigenvalue weighted by Gasteiger charge is 2.45. The number of nitrogens with one attached hydrogen (secondary N) is 4. The van der Waals surface area contributed by atoms with Crippen molar-refractivity contribution in [2.45, 2.75) is 105 Å². The van der Waals surface area contributed by atoms with E-state index in [0.717, 1.165) is 30.7 Å². The lowest BCUT2D eigenvalue weighted by molar-refractivity contribution is -0.144. The maximum Gasteiger partial charge on any atom is 0.325 e. The zero-order valence-electron chi connectivity index (χ0n) is 29.3. The van der Waals surface area contributed by atoms with Crippen LogP contribution in [0.2, 0.25) is 0 Å². The summed E-state index contributed by atoms with van der Waals surface area (Å²) in [6.45, 7) is 13.7. The van der Waals surface area contributed by atoms with Gasteiger partial charge in [-0.1, -0.05) is 98.1 Å². The highest BCUT2D eigenvalue weighted by atomic mass is 16.5. The van der Waals surface area contributed by atoms with Crippen LogP contribution in [0.15, 0.2) is 30.3 Å². The molecule has 3 rings (SSSR count). The number of carbonyl (C=O) groups is 6. The molecule has 4 atom stereocenters. The molecule has 12 nitrogen and oxygen atoms in total. The summed E-state index contributed by atoms with van der Waals surface area (Å²) in [5.74, 6) is -1.99. The van der Waals surface area contributed by atoms with Crippen molar-refractivity contribution in [1.29, 1.82) is 0 Å². The molecule has 5 amide bonds. The number of ketones is 1. The lowest BCUT2D eigenvalue weighted by Gasteiger charge is -2.36. The van der Waals surface area contributed by atoms with Crippen molar-refractivity contribution in [1.82, 2.24) is 26.2 Å². The van der Waals surface area contributed by atoms with Crippen molar-refractivity contribution in [3.63, 3.8) is 0 Å². The summed E-state index contributed by atoms with van der Waals surface area (Å²) in [5, 5.41) is 10.2. The number of carbonyl (C=O) groups excluding carboxylic acids is 6. The van der Waals surface area contributed by atoms with Crippen LogP contribution in [0.1, 0.15) is 86.1 Å². The molecule has 1 aromatic carbocycles. The van der Waals surface area contributed by atoms with E-state index in [1.807, 2.05) is 37.3 Å². The fourth-order valence-electron chi connectivity index (χ4n) is 5.32. The number of Topliss-reactive ketones (excluding diaryl/α,β-unsaturated/α-hetero) is 1. The molecule has 3 unspecified atom stereocenters. The Labute approximate surface area is 279 Å². The standard InChI is InChI=1S/C31H45N5O7.C4H10/c1-19-14-23(27(39)34-22(15-20-12-9-13-20)25(38)28(40)32-5)36(17-19)29(41)26(31(2,3)4)35-30(42)33-16-24(37)43-18-21-10-7-6-8-11-21;1-4(2)3/h6-8,10-11,19-20,22-23,26H,9,12-18H2,1-5H3,(H,32,40)(H,34,39)(H2,33,35,42);4H,1-3H3/t19-,22?,23?,26?;/m1./s1. The molecule has 1 aliphatic heterocycles. The third-order valence-electron chi connectivity index (χ3n) is 8.00. The van der Waals surface area contributed by atoms with Gasteiger partial charge in [0.1, 0.15) is 25.2 Å². The Bertz CT molecular complexity index is 1220. The predicted molar refractivity (Wildman–Crippen MR) is 179 cm³/mol. The number of hydrogen-bond donors (Lipinski definition) is 4. The van der Waals surface area contributed by atoms with E-state index in [9.17, 15) is 28.8 Å². The summed E-state index contributed by atoms with van der Waals surface area (Å²) in [6.07, 6.45) is 3.66. The molecule has 1 aromatic rings. The Kier molecular flexibility index (Phi) is 15.4. The van der Waals surface area contributed by atoms with Crippen molar-refractivity contribution >= 4 is 35.5 Å². The molecular formula is C35H55N5O7. The first-order chi connectivity index (χ1) is 22.0. The monoisotopic (exact) mass is 657 g/mol. The maximum atomic E-state index is 13.9. The number of likely N-dealkylation sites (N-methyl/N-ethyl adjacent to an activating group) is 1. The van der Waals surface area contributed by atoms with Crippen molar-refractivity contribution in [2.75, 3.05) is 20.1 Å². The molecule has 0 aromatic heterocycles. The van der Waals surface area contributed by atoms with Gasteiger partial charge in [0.25, 0.3) is 5.91 Å². The topological polar surface area (TPSA) is 163 Å². The van der Waals surface area contributed by atoms with E-state index in [1.165, 1.54) is 11.9 Å². The van der Waals surface area contributed by atoms with Gasteiger partial charge in [-0.15, -0.1) is 0 Å².